The van der Waals surface area contributed by atoms with Crippen LogP contribution in [0.5, 0.6) is 0 Å². The number of hydrogen-bond donors (Lipinski definition) is 2. The second-order valence-corrected chi connectivity index (χ2v) is 7.30. The molecular formula is C17H25NO4S. The van der Waals surface area contributed by atoms with Gasteiger partial charge in [-0.05, 0) is 43.7 Å². The lowest BCUT2D eigenvalue weighted by Crippen LogP contribution is -2.38. The minimum Gasteiger partial charge on any atom is -0.481 e. The summed E-state index contributed by atoms with van der Waals surface area (Å²) in [5.41, 5.74) is 1.21. The molecule has 0 aliphatic carbocycles. The molecule has 1 atom stereocenters. The van der Waals surface area contributed by atoms with Crippen LogP contribution in [0.15, 0.2) is 6.07 Å². The molecule has 1 saturated heterocycles. The first-order chi connectivity index (χ1) is 11.0. The van der Waals surface area contributed by atoms with E-state index in [9.17, 15) is 14.7 Å². The van der Waals surface area contributed by atoms with Gasteiger partial charge in [-0.15, -0.1) is 11.3 Å². The van der Waals surface area contributed by atoms with Gasteiger partial charge >= 0.3 is 5.97 Å². The number of hydrogen-bond acceptors (Lipinski definition) is 4. The van der Waals surface area contributed by atoms with Crippen LogP contribution in [0.2, 0.25) is 0 Å². The molecule has 1 aliphatic rings. The van der Waals surface area contributed by atoms with E-state index in [-0.39, 0.29) is 18.4 Å². The van der Waals surface area contributed by atoms with E-state index in [1.54, 1.807) is 0 Å². The number of aliphatic carboxylic acids is 1. The van der Waals surface area contributed by atoms with Crippen molar-refractivity contribution in [1.29, 1.82) is 0 Å². The number of carbonyl (C=O) groups excluding carboxylic acids is 1. The van der Waals surface area contributed by atoms with E-state index in [0.29, 0.717) is 18.1 Å². The number of nitrogens with one attached hydrogen (secondary N) is 1. The van der Waals surface area contributed by atoms with Gasteiger partial charge in [0.25, 0.3) is 5.91 Å². The van der Waals surface area contributed by atoms with E-state index >= 15 is 0 Å². The van der Waals surface area contributed by atoms with Crippen molar-refractivity contribution in [2.75, 3.05) is 19.8 Å². The zero-order valence-corrected chi connectivity index (χ0v) is 14.6. The number of amides is 1. The number of rotatable bonds is 7. The second-order valence-electron chi connectivity index (χ2n) is 6.05. The van der Waals surface area contributed by atoms with Crippen molar-refractivity contribution in [3.8, 4) is 0 Å². The maximum Gasteiger partial charge on any atom is 0.308 e. The predicted octanol–water partition coefficient (Wildman–Crippen LogP) is 2.87. The highest BCUT2D eigenvalue weighted by molar-refractivity contribution is 7.14. The van der Waals surface area contributed by atoms with Crippen LogP contribution in [0, 0.1) is 18.8 Å². The fourth-order valence-electron chi connectivity index (χ4n) is 3.01. The van der Waals surface area contributed by atoms with Crippen LogP contribution < -0.4 is 5.32 Å². The van der Waals surface area contributed by atoms with Crippen molar-refractivity contribution >= 4 is 23.2 Å². The third-order valence-electron chi connectivity index (χ3n) is 4.40. The summed E-state index contributed by atoms with van der Waals surface area (Å²) in [6.45, 7) is 5.52. The normalized spacial score (nSPS) is 17.0. The highest BCUT2D eigenvalue weighted by atomic mass is 32.1. The van der Waals surface area contributed by atoms with Crippen molar-refractivity contribution in [3.63, 3.8) is 0 Å². The topological polar surface area (TPSA) is 75.6 Å². The second kappa shape index (κ2) is 8.45. The Kier molecular flexibility index (Phi) is 6.59. The summed E-state index contributed by atoms with van der Waals surface area (Å²) in [6.07, 6.45) is 3.50. The van der Waals surface area contributed by atoms with E-state index in [0.717, 1.165) is 30.6 Å². The molecule has 0 spiro atoms. The lowest BCUT2D eigenvalue weighted by Gasteiger charge is -2.27. The molecule has 1 aromatic rings. The summed E-state index contributed by atoms with van der Waals surface area (Å²) < 4.78 is 5.28. The van der Waals surface area contributed by atoms with Crippen molar-refractivity contribution in [3.05, 3.63) is 21.4 Å². The largest absolute Gasteiger partial charge is 0.481 e. The molecular weight excluding hydrogens is 314 g/mol. The first-order valence-electron chi connectivity index (χ1n) is 8.21. The van der Waals surface area contributed by atoms with Gasteiger partial charge in [-0.1, -0.05) is 13.3 Å². The summed E-state index contributed by atoms with van der Waals surface area (Å²) in [5.74, 6) is -1.48. The zero-order chi connectivity index (χ0) is 16.8. The maximum absolute atomic E-state index is 12.3. The predicted molar refractivity (Wildman–Crippen MR) is 90.1 cm³/mol. The van der Waals surface area contributed by atoms with Crippen molar-refractivity contribution in [2.45, 2.75) is 39.5 Å². The van der Waals surface area contributed by atoms with E-state index in [1.807, 2.05) is 13.0 Å². The summed E-state index contributed by atoms with van der Waals surface area (Å²) in [5, 5.41) is 12.2. The molecule has 2 N–H and O–H groups in total. The standard InChI is InChI=1S/C17H25NO4S/c1-3-4-13-9-15(23-11(13)2)16(19)18-10-14(17(20)21)12-5-7-22-8-6-12/h9,12,14H,3-8,10H2,1-2H3,(H,18,19)(H,20,21). The lowest BCUT2D eigenvalue weighted by atomic mass is 9.86. The SMILES string of the molecule is CCCc1cc(C(=O)NCC(C(=O)O)C2CCOCC2)sc1C. The molecule has 0 bridgehead atoms. The molecule has 0 aromatic carbocycles. The fourth-order valence-corrected chi connectivity index (χ4v) is 4.00. The Morgan fingerprint density at radius 3 is 2.74 bits per heavy atom. The van der Waals surface area contributed by atoms with Gasteiger partial charge in [0.2, 0.25) is 0 Å². The van der Waals surface area contributed by atoms with Gasteiger partial charge in [0.1, 0.15) is 0 Å². The Balaban J connectivity index is 1.95. The monoisotopic (exact) mass is 339 g/mol. The van der Waals surface area contributed by atoms with Gasteiger partial charge in [-0.3, -0.25) is 9.59 Å². The molecule has 5 nitrogen and oxygen atoms in total. The Labute approximate surface area is 141 Å². The molecule has 0 saturated carbocycles. The van der Waals surface area contributed by atoms with Crippen LogP contribution in [0.25, 0.3) is 0 Å². The fraction of sp³-hybridized carbons (Fsp3) is 0.647. The van der Waals surface area contributed by atoms with Gasteiger partial charge < -0.3 is 15.2 Å². The number of carboxylic acids is 1. The lowest BCUT2D eigenvalue weighted by molar-refractivity contribution is -0.144. The Morgan fingerprint density at radius 1 is 1.43 bits per heavy atom. The van der Waals surface area contributed by atoms with Crippen LogP contribution in [-0.4, -0.2) is 36.7 Å². The number of carbonyl (C=O) groups is 2. The molecule has 0 radical (unpaired) electrons. The summed E-state index contributed by atoms with van der Waals surface area (Å²) in [4.78, 5) is 25.6. The zero-order valence-electron chi connectivity index (χ0n) is 13.8. The highest BCUT2D eigenvalue weighted by Crippen LogP contribution is 2.25. The molecule has 23 heavy (non-hydrogen) atoms. The van der Waals surface area contributed by atoms with Crippen LogP contribution in [0.1, 0.15) is 46.3 Å². The van der Waals surface area contributed by atoms with E-state index < -0.39 is 11.9 Å². The molecule has 1 amide bonds. The van der Waals surface area contributed by atoms with Gasteiger partial charge in [0, 0.05) is 24.6 Å². The molecule has 1 fully saturated rings. The van der Waals surface area contributed by atoms with Crippen molar-refractivity contribution < 1.29 is 19.4 Å². The molecule has 2 heterocycles. The summed E-state index contributed by atoms with van der Waals surface area (Å²) >= 11 is 1.48. The number of aryl methyl sites for hydroxylation is 2. The van der Waals surface area contributed by atoms with Gasteiger partial charge in [-0.2, -0.15) is 0 Å². The average Bonchev–Trinajstić information content (AvgIpc) is 2.90. The van der Waals surface area contributed by atoms with E-state index in [4.69, 9.17) is 4.74 Å². The first kappa shape index (κ1) is 17.9. The quantitative estimate of drug-likeness (QED) is 0.801. The molecule has 128 valence electrons. The van der Waals surface area contributed by atoms with Crippen LogP contribution in [0.4, 0.5) is 0 Å². The minimum absolute atomic E-state index is 0.0716. The number of thiophene rings is 1. The maximum atomic E-state index is 12.3. The molecule has 2 rings (SSSR count). The third kappa shape index (κ3) is 4.78. The Morgan fingerprint density at radius 2 is 2.13 bits per heavy atom. The Bertz CT molecular complexity index is 549. The average molecular weight is 339 g/mol. The van der Waals surface area contributed by atoms with Crippen LogP contribution in [-0.2, 0) is 16.0 Å². The van der Waals surface area contributed by atoms with Gasteiger partial charge in [0.05, 0.1) is 10.8 Å². The molecule has 1 aromatic heterocycles. The van der Waals surface area contributed by atoms with E-state index in [2.05, 4.69) is 12.2 Å². The number of carboxylic acid groups (broad SMARTS) is 1. The molecule has 1 unspecified atom stereocenters. The smallest absolute Gasteiger partial charge is 0.308 e. The number of ether oxygens (including phenoxy) is 1. The van der Waals surface area contributed by atoms with E-state index in [1.165, 1.54) is 16.9 Å². The highest BCUT2D eigenvalue weighted by Gasteiger charge is 2.30. The summed E-state index contributed by atoms with van der Waals surface area (Å²) in [7, 11) is 0. The first-order valence-corrected chi connectivity index (χ1v) is 9.02. The third-order valence-corrected chi connectivity index (χ3v) is 5.49. The summed E-state index contributed by atoms with van der Waals surface area (Å²) in [6, 6.07) is 1.93. The van der Waals surface area contributed by atoms with Crippen molar-refractivity contribution in [2.24, 2.45) is 11.8 Å². The van der Waals surface area contributed by atoms with Gasteiger partial charge in [0.15, 0.2) is 0 Å². The molecule has 1 aliphatic heterocycles. The minimum atomic E-state index is -0.841. The van der Waals surface area contributed by atoms with Crippen molar-refractivity contribution in [1.82, 2.24) is 5.32 Å². The van der Waals surface area contributed by atoms with Gasteiger partial charge in [-0.25, -0.2) is 0 Å². The molecule has 6 heteroatoms. The van der Waals surface area contributed by atoms with Crippen LogP contribution in [0.3, 0.4) is 0 Å². The Hall–Kier alpha value is -1.40. The van der Waals surface area contributed by atoms with Crippen LogP contribution >= 0.6 is 11.3 Å².